The van der Waals surface area contributed by atoms with Crippen LogP contribution in [-0.2, 0) is 5.41 Å². The van der Waals surface area contributed by atoms with Gasteiger partial charge in [0.1, 0.15) is 11.2 Å². The van der Waals surface area contributed by atoms with Crippen LogP contribution in [0.1, 0.15) is 25.0 Å². The van der Waals surface area contributed by atoms with Crippen molar-refractivity contribution in [2.24, 2.45) is 0 Å². The highest BCUT2D eigenvalue weighted by Gasteiger charge is 2.36. The summed E-state index contributed by atoms with van der Waals surface area (Å²) in [6.45, 7) is 4.62. The summed E-state index contributed by atoms with van der Waals surface area (Å²) in [7, 11) is 0. The maximum Gasteiger partial charge on any atom is 0.136 e. The molecule has 3 aromatic carbocycles. The van der Waals surface area contributed by atoms with E-state index < -0.39 is 0 Å². The molecule has 0 radical (unpaired) electrons. The zero-order chi connectivity index (χ0) is 14.9. The summed E-state index contributed by atoms with van der Waals surface area (Å²) in [4.78, 5) is 0. The van der Waals surface area contributed by atoms with Gasteiger partial charge in [0.25, 0.3) is 0 Å². The maximum atomic E-state index is 6.06. The Kier molecular flexibility index (Phi) is 2.08. The minimum absolute atomic E-state index is 0.0402. The lowest BCUT2D eigenvalue weighted by molar-refractivity contribution is 0.656. The van der Waals surface area contributed by atoms with Crippen molar-refractivity contribution < 1.29 is 4.42 Å². The van der Waals surface area contributed by atoms with Gasteiger partial charge in [0.05, 0.1) is 0 Å². The molecule has 22 heavy (non-hydrogen) atoms. The molecule has 106 valence electrons. The zero-order valence-corrected chi connectivity index (χ0v) is 12.7. The zero-order valence-electron chi connectivity index (χ0n) is 12.7. The summed E-state index contributed by atoms with van der Waals surface area (Å²) >= 11 is 0. The van der Waals surface area contributed by atoms with Crippen molar-refractivity contribution >= 4 is 21.9 Å². The molecule has 0 aliphatic heterocycles. The Morgan fingerprint density at radius 3 is 2.41 bits per heavy atom. The Morgan fingerprint density at radius 1 is 0.727 bits per heavy atom. The Morgan fingerprint density at radius 2 is 1.50 bits per heavy atom. The van der Waals surface area contributed by atoms with E-state index in [0.717, 1.165) is 11.2 Å². The fraction of sp³-hybridized carbons (Fsp3) is 0.143. The molecule has 0 bridgehead atoms. The third-order valence-corrected chi connectivity index (χ3v) is 5.09. The van der Waals surface area contributed by atoms with E-state index in [1.165, 1.54) is 33.0 Å². The fourth-order valence-corrected chi connectivity index (χ4v) is 4.01. The van der Waals surface area contributed by atoms with Crippen LogP contribution in [0.25, 0.3) is 33.1 Å². The largest absolute Gasteiger partial charge is 0.456 e. The van der Waals surface area contributed by atoms with Gasteiger partial charge >= 0.3 is 0 Å². The molecule has 1 aliphatic carbocycles. The van der Waals surface area contributed by atoms with Crippen LogP contribution < -0.4 is 0 Å². The monoisotopic (exact) mass is 284 g/mol. The second-order valence-corrected chi connectivity index (χ2v) is 6.63. The minimum atomic E-state index is 0.0402. The van der Waals surface area contributed by atoms with Gasteiger partial charge < -0.3 is 4.42 Å². The van der Waals surface area contributed by atoms with Crippen LogP contribution in [0.15, 0.2) is 65.1 Å². The van der Waals surface area contributed by atoms with Gasteiger partial charge in [-0.15, -0.1) is 0 Å². The van der Waals surface area contributed by atoms with Crippen LogP contribution >= 0.6 is 0 Å². The molecule has 1 nitrogen and oxygen atoms in total. The predicted molar refractivity (Wildman–Crippen MR) is 91.3 cm³/mol. The van der Waals surface area contributed by atoms with Crippen LogP contribution in [-0.4, -0.2) is 0 Å². The van der Waals surface area contributed by atoms with Crippen molar-refractivity contribution in [3.05, 3.63) is 71.8 Å². The molecule has 4 aromatic rings. The van der Waals surface area contributed by atoms with E-state index >= 15 is 0 Å². The van der Waals surface area contributed by atoms with Crippen LogP contribution in [0.4, 0.5) is 0 Å². The summed E-state index contributed by atoms with van der Waals surface area (Å²) in [5.74, 6) is 0. The minimum Gasteiger partial charge on any atom is -0.456 e. The molecule has 0 unspecified atom stereocenters. The molecule has 5 rings (SSSR count). The first-order valence-electron chi connectivity index (χ1n) is 7.72. The Bertz CT molecular complexity index is 1050. The SMILES string of the molecule is CC1(C)c2ccccc2-c2c1ccc1oc3ccccc3c21. The highest BCUT2D eigenvalue weighted by Crippen LogP contribution is 2.52. The van der Waals surface area contributed by atoms with Gasteiger partial charge in [0, 0.05) is 16.2 Å². The average Bonchev–Trinajstić information content (AvgIpc) is 3.02. The van der Waals surface area contributed by atoms with Crippen molar-refractivity contribution in [1.29, 1.82) is 0 Å². The van der Waals surface area contributed by atoms with Crippen LogP contribution in [0.5, 0.6) is 0 Å². The topological polar surface area (TPSA) is 13.1 Å². The molecule has 0 saturated carbocycles. The van der Waals surface area contributed by atoms with E-state index in [9.17, 15) is 0 Å². The van der Waals surface area contributed by atoms with E-state index in [2.05, 4.69) is 62.4 Å². The Hall–Kier alpha value is -2.54. The summed E-state index contributed by atoms with van der Waals surface area (Å²) in [5, 5.41) is 2.47. The molecular weight excluding hydrogens is 268 g/mol. The molecule has 1 heteroatoms. The van der Waals surface area contributed by atoms with Crippen molar-refractivity contribution in [3.8, 4) is 11.1 Å². The number of benzene rings is 3. The lowest BCUT2D eigenvalue weighted by atomic mass is 9.82. The third kappa shape index (κ3) is 1.29. The normalized spacial score (nSPS) is 15.2. The average molecular weight is 284 g/mol. The first-order valence-corrected chi connectivity index (χ1v) is 7.72. The number of hydrogen-bond acceptors (Lipinski definition) is 1. The molecular formula is C21H16O. The van der Waals surface area contributed by atoms with Crippen LogP contribution in [0.3, 0.4) is 0 Å². The molecule has 1 aromatic heterocycles. The molecule has 0 amide bonds. The summed E-state index contributed by atoms with van der Waals surface area (Å²) in [6.07, 6.45) is 0. The first kappa shape index (κ1) is 12.0. The number of hydrogen-bond donors (Lipinski definition) is 0. The molecule has 0 atom stereocenters. The number of fused-ring (bicyclic) bond motifs is 7. The number of para-hydroxylation sites is 1. The van der Waals surface area contributed by atoms with Gasteiger partial charge in [-0.05, 0) is 34.4 Å². The van der Waals surface area contributed by atoms with Crippen LogP contribution in [0, 0.1) is 0 Å². The molecule has 1 heterocycles. The first-order chi connectivity index (χ1) is 10.7. The van der Waals surface area contributed by atoms with Crippen molar-refractivity contribution in [2.75, 3.05) is 0 Å². The Balaban J connectivity index is 2.06. The van der Waals surface area contributed by atoms with Crippen LogP contribution in [0.2, 0.25) is 0 Å². The molecule has 1 aliphatic rings. The van der Waals surface area contributed by atoms with Gasteiger partial charge in [-0.1, -0.05) is 62.4 Å². The van der Waals surface area contributed by atoms with Gasteiger partial charge in [-0.3, -0.25) is 0 Å². The Labute approximate surface area is 129 Å². The molecule has 0 N–H and O–H groups in total. The number of rotatable bonds is 0. The number of furan rings is 1. The van der Waals surface area contributed by atoms with E-state index in [1.54, 1.807) is 0 Å². The van der Waals surface area contributed by atoms with E-state index in [-0.39, 0.29) is 5.41 Å². The standard InChI is InChI=1S/C21H16O/c1-21(2)15-9-5-3-7-13(15)19-16(21)11-12-18-20(19)14-8-4-6-10-17(14)22-18/h3-12H,1-2H3. The van der Waals surface area contributed by atoms with E-state index in [1.807, 2.05) is 12.1 Å². The third-order valence-electron chi connectivity index (χ3n) is 5.09. The molecule has 0 saturated heterocycles. The van der Waals surface area contributed by atoms with Gasteiger partial charge in [0.2, 0.25) is 0 Å². The summed E-state index contributed by atoms with van der Waals surface area (Å²) in [5.41, 5.74) is 7.48. The van der Waals surface area contributed by atoms with Gasteiger partial charge in [-0.2, -0.15) is 0 Å². The van der Waals surface area contributed by atoms with Gasteiger partial charge in [0.15, 0.2) is 0 Å². The highest BCUT2D eigenvalue weighted by atomic mass is 16.3. The van der Waals surface area contributed by atoms with E-state index in [4.69, 9.17) is 4.42 Å². The van der Waals surface area contributed by atoms with Gasteiger partial charge in [-0.25, -0.2) is 0 Å². The lowest BCUT2D eigenvalue weighted by Crippen LogP contribution is -2.14. The highest BCUT2D eigenvalue weighted by molar-refractivity contribution is 6.14. The summed E-state index contributed by atoms with van der Waals surface area (Å²) in [6, 6.07) is 21.5. The van der Waals surface area contributed by atoms with E-state index in [0.29, 0.717) is 0 Å². The predicted octanol–water partition coefficient (Wildman–Crippen LogP) is 5.89. The quantitative estimate of drug-likeness (QED) is 0.392. The lowest BCUT2D eigenvalue weighted by Gasteiger charge is -2.21. The molecule has 0 fully saturated rings. The summed E-state index contributed by atoms with van der Waals surface area (Å²) < 4.78 is 6.06. The maximum absolute atomic E-state index is 6.06. The van der Waals surface area contributed by atoms with Crippen molar-refractivity contribution in [1.82, 2.24) is 0 Å². The second-order valence-electron chi connectivity index (χ2n) is 6.63. The van der Waals surface area contributed by atoms with Crippen molar-refractivity contribution in [3.63, 3.8) is 0 Å². The second kappa shape index (κ2) is 3.80. The molecule has 0 spiro atoms. The fourth-order valence-electron chi connectivity index (χ4n) is 4.01. The smallest absolute Gasteiger partial charge is 0.136 e. The van der Waals surface area contributed by atoms with Crippen molar-refractivity contribution in [2.45, 2.75) is 19.3 Å².